The summed E-state index contributed by atoms with van der Waals surface area (Å²) in [5, 5.41) is 8.97. The third-order valence-corrected chi connectivity index (χ3v) is 2.88. The van der Waals surface area contributed by atoms with Crippen molar-refractivity contribution in [2.24, 2.45) is 4.99 Å². The zero-order valence-electron chi connectivity index (χ0n) is 15.3. The molecule has 0 aliphatic carbocycles. The van der Waals surface area contributed by atoms with Crippen LogP contribution in [-0.2, 0) is 4.79 Å². The van der Waals surface area contributed by atoms with E-state index in [1.54, 1.807) is 14.2 Å². The summed E-state index contributed by atoms with van der Waals surface area (Å²) >= 11 is 0. The van der Waals surface area contributed by atoms with Crippen molar-refractivity contribution in [3.8, 4) is 11.5 Å². The maximum atomic E-state index is 11.9. The highest BCUT2D eigenvalue weighted by Gasteiger charge is 2.14. The van der Waals surface area contributed by atoms with Crippen LogP contribution < -0.4 is 25.4 Å². The topological polar surface area (TPSA) is 84.0 Å². The minimum Gasteiger partial charge on any atom is -0.493 e. The van der Waals surface area contributed by atoms with Crippen molar-refractivity contribution in [3.05, 3.63) is 18.2 Å². The van der Waals surface area contributed by atoms with Gasteiger partial charge in [0.1, 0.15) is 0 Å². The summed E-state index contributed by atoms with van der Waals surface area (Å²) in [7, 11) is 3.23. The number of amides is 1. The van der Waals surface area contributed by atoms with E-state index in [4.69, 9.17) is 9.47 Å². The third kappa shape index (κ3) is 6.76. The second-order valence-corrected chi connectivity index (χ2v) is 6.15. The Morgan fingerprint density at radius 1 is 1.25 bits per heavy atom. The van der Waals surface area contributed by atoms with Gasteiger partial charge in [0.25, 0.3) is 0 Å². The first-order valence-electron chi connectivity index (χ1n) is 7.88. The molecule has 0 heterocycles. The molecular formula is C17H28N4O3. The predicted molar refractivity (Wildman–Crippen MR) is 97.0 cm³/mol. The van der Waals surface area contributed by atoms with E-state index in [1.807, 2.05) is 45.9 Å². The number of rotatable bonds is 6. The van der Waals surface area contributed by atoms with Gasteiger partial charge in [0.15, 0.2) is 17.5 Å². The lowest BCUT2D eigenvalue weighted by atomic mass is 10.1. The maximum Gasteiger partial charge on any atom is 0.239 e. The second-order valence-electron chi connectivity index (χ2n) is 6.15. The maximum absolute atomic E-state index is 11.9. The van der Waals surface area contributed by atoms with E-state index in [9.17, 15) is 4.79 Å². The number of carbonyl (C=O) groups excluding carboxylic acids is 1. The number of anilines is 1. The highest BCUT2D eigenvalue weighted by atomic mass is 16.5. The third-order valence-electron chi connectivity index (χ3n) is 2.88. The number of carbonyl (C=O) groups is 1. The summed E-state index contributed by atoms with van der Waals surface area (Å²) in [6, 6.07) is 5.49. The van der Waals surface area contributed by atoms with Crippen LogP contribution in [0.1, 0.15) is 27.7 Å². The fourth-order valence-corrected chi connectivity index (χ4v) is 1.96. The van der Waals surface area contributed by atoms with Crippen LogP contribution >= 0.6 is 0 Å². The lowest BCUT2D eigenvalue weighted by molar-refractivity contribution is -0.121. The quantitative estimate of drug-likeness (QED) is 0.546. The van der Waals surface area contributed by atoms with Crippen molar-refractivity contribution >= 4 is 17.6 Å². The first kappa shape index (κ1) is 19.6. The van der Waals surface area contributed by atoms with Gasteiger partial charge in [-0.25, -0.2) is 0 Å². The SMILES string of the molecule is CCOc1ccc(NC(=NC)NCC(=O)NC(C)(C)C)cc1OC. The molecule has 0 radical (unpaired) electrons. The van der Waals surface area contributed by atoms with Crippen LogP contribution in [0.2, 0.25) is 0 Å². The average molecular weight is 336 g/mol. The standard InChI is InChI=1S/C17H28N4O3/c1-7-24-13-9-8-12(10-14(13)23-6)20-16(18-5)19-11-15(22)21-17(2,3)4/h8-10H,7,11H2,1-6H3,(H,21,22)(H2,18,19,20). The molecule has 24 heavy (non-hydrogen) atoms. The fourth-order valence-electron chi connectivity index (χ4n) is 1.96. The van der Waals surface area contributed by atoms with E-state index in [2.05, 4.69) is 20.9 Å². The van der Waals surface area contributed by atoms with E-state index in [1.165, 1.54) is 0 Å². The number of ether oxygens (including phenoxy) is 2. The first-order chi connectivity index (χ1) is 11.3. The van der Waals surface area contributed by atoms with Crippen molar-refractivity contribution in [2.45, 2.75) is 33.2 Å². The molecule has 0 atom stereocenters. The number of aliphatic imine (C=N–C) groups is 1. The molecule has 1 amide bonds. The van der Waals surface area contributed by atoms with Gasteiger partial charge < -0.3 is 25.4 Å². The van der Waals surface area contributed by atoms with Crippen molar-refractivity contribution in [1.82, 2.24) is 10.6 Å². The largest absolute Gasteiger partial charge is 0.493 e. The zero-order chi connectivity index (χ0) is 18.2. The van der Waals surface area contributed by atoms with Crippen molar-refractivity contribution in [2.75, 3.05) is 32.6 Å². The number of methoxy groups -OCH3 is 1. The van der Waals surface area contributed by atoms with Crippen LogP contribution in [0.5, 0.6) is 11.5 Å². The zero-order valence-corrected chi connectivity index (χ0v) is 15.3. The molecule has 1 aromatic carbocycles. The molecule has 1 aromatic rings. The van der Waals surface area contributed by atoms with Crippen LogP contribution in [0, 0.1) is 0 Å². The number of hydrogen-bond acceptors (Lipinski definition) is 4. The molecule has 0 aliphatic heterocycles. The molecule has 0 aromatic heterocycles. The van der Waals surface area contributed by atoms with Gasteiger partial charge in [-0.15, -0.1) is 0 Å². The molecule has 0 spiro atoms. The van der Waals surface area contributed by atoms with Crippen LogP contribution in [0.15, 0.2) is 23.2 Å². The summed E-state index contributed by atoms with van der Waals surface area (Å²) in [6.45, 7) is 8.42. The molecule has 3 N–H and O–H groups in total. The molecule has 0 saturated carbocycles. The predicted octanol–water partition coefficient (Wildman–Crippen LogP) is 2.00. The lowest BCUT2D eigenvalue weighted by Gasteiger charge is -2.21. The molecule has 0 saturated heterocycles. The van der Waals surface area contributed by atoms with Crippen molar-refractivity contribution < 1.29 is 14.3 Å². The molecule has 0 bridgehead atoms. The van der Waals surface area contributed by atoms with Crippen LogP contribution in [0.4, 0.5) is 5.69 Å². The summed E-state index contributed by atoms with van der Waals surface area (Å²) < 4.78 is 10.8. The highest BCUT2D eigenvalue weighted by molar-refractivity contribution is 5.96. The van der Waals surface area contributed by atoms with Gasteiger partial charge in [-0.05, 0) is 39.8 Å². The Kier molecular flexibility index (Phi) is 7.35. The molecule has 1 rings (SSSR count). The fraction of sp³-hybridized carbons (Fsp3) is 0.529. The molecular weight excluding hydrogens is 308 g/mol. The van der Waals surface area contributed by atoms with E-state index >= 15 is 0 Å². The van der Waals surface area contributed by atoms with E-state index in [0.29, 0.717) is 24.1 Å². The Bertz CT molecular complexity index is 580. The second kappa shape index (κ2) is 9.00. The van der Waals surface area contributed by atoms with Gasteiger partial charge in [0.2, 0.25) is 5.91 Å². The summed E-state index contributed by atoms with van der Waals surface area (Å²) in [6.07, 6.45) is 0. The molecule has 7 heteroatoms. The Balaban J connectivity index is 2.67. The smallest absolute Gasteiger partial charge is 0.239 e. The monoisotopic (exact) mass is 336 g/mol. The summed E-state index contributed by atoms with van der Waals surface area (Å²) in [4.78, 5) is 16.0. The molecule has 0 aliphatic rings. The normalized spacial score (nSPS) is 11.7. The van der Waals surface area contributed by atoms with Gasteiger partial charge in [-0.1, -0.05) is 0 Å². The number of hydrogen-bond donors (Lipinski definition) is 3. The van der Waals surface area contributed by atoms with Crippen LogP contribution in [-0.4, -0.2) is 44.7 Å². The number of guanidine groups is 1. The van der Waals surface area contributed by atoms with E-state index in [0.717, 1.165) is 5.69 Å². The van der Waals surface area contributed by atoms with E-state index in [-0.39, 0.29) is 18.0 Å². The minimum atomic E-state index is -0.266. The number of nitrogens with zero attached hydrogens (tertiary/aromatic N) is 1. The van der Waals surface area contributed by atoms with Crippen LogP contribution in [0.3, 0.4) is 0 Å². The van der Waals surface area contributed by atoms with Crippen molar-refractivity contribution in [1.29, 1.82) is 0 Å². The van der Waals surface area contributed by atoms with Crippen LogP contribution in [0.25, 0.3) is 0 Å². The van der Waals surface area contributed by atoms with Gasteiger partial charge in [0.05, 0.1) is 20.3 Å². The van der Waals surface area contributed by atoms with Gasteiger partial charge in [0, 0.05) is 24.3 Å². The Morgan fingerprint density at radius 3 is 2.50 bits per heavy atom. The number of benzene rings is 1. The van der Waals surface area contributed by atoms with Crippen molar-refractivity contribution in [3.63, 3.8) is 0 Å². The highest BCUT2D eigenvalue weighted by Crippen LogP contribution is 2.30. The number of nitrogens with one attached hydrogen (secondary N) is 3. The van der Waals surface area contributed by atoms with E-state index < -0.39 is 0 Å². The summed E-state index contributed by atoms with van der Waals surface area (Å²) in [5.41, 5.74) is 0.512. The Labute approximate surface area is 143 Å². The molecule has 7 nitrogen and oxygen atoms in total. The van der Waals surface area contributed by atoms with Gasteiger partial charge in [-0.2, -0.15) is 0 Å². The molecule has 0 fully saturated rings. The Hall–Kier alpha value is -2.44. The first-order valence-corrected chi connectivity index (χ1v) is 7.88. The lowest BCUT2D eigenvalue weighted by Crippen LogP contribution is -2.46. The van der Waals surface area contributed by atoms with Gasteiger partial charge >= 0.3 is 0 Å². The summed E-state index contributed by atoms with van der Waals surface area (Å²) in [5.74, 6) is 1.70. The average Bonchev–Trinajstić information content (AvgIpc) is 2.51. The van der Waals surface area contributed by atoms with Gasteiger partial charge in [-0.3, -0.25) is 9.79 Å². The minimum absolute atomic E-state index is 0.102. The molecule has 134 valence electrons. The Morgan fingerprint density at radius 2 is 1.96 bits per heavy atom. The molecule has 0 unspecified atom stereocenters.